The molecule has 2 aromatic rings. The maximum Gasteiger partial charge on any atom is 0.231 e. The minimum absolute atomic E-state index is 0.115. The summed E-state index contributed by atoms with van der Waals surface area (Å²) in [5, 5.41) is 10.8. The second kappa shape index (κ2) is 4.96. The minimum Gasteiger partial charge on any atom is -0.454 e. The van der Waals surface area contributed by atoms with Crippen LogP contribution in [0.15, 0.2) is 30.3 Å². The molecule has 0 aliphatic carbocycles. The molecule has 0 amide bonds. The Morgan fingerprint density at radius 3 is 2.75 bits per heavy atom. The van der Waals surface area contributed by atoms with Crippen molar-refractivity contribution in [1.29, 1.82) is 0 Å². The molecule has 0 aromatic heterocycles. The van der Waals surface area contributed by atoms with Gasteiger partial charge in [0.15, 0.2) is 11.5 Å². The van der Waals surface area contributed by atoms with Gasteiger partial charge in [-0.05, 0) is 41.8 Å². The number of rotatable bonds is 2. The quantitative estimate of drug-likeness (QED) is 0.920. The molecule has 1 N–H and O–H groups in total. The van der Waals surface area contributed by atoms with Crippen LogP contribution in [0.5, 0.6) is 11.5 Å². The number of aliphatic hydroxyl groups excluding tert-OH is 1. The molecular weight excluding hydrogens is 283 g/mol. The Kier molecular flexibility index (Phi) is 3.28. The first-order valence-corrected chi connectivity index (χ1v) is 6.47. The average molecular weight is 295 g/mol. The summed E-state index contributed by atoms with van der Waals surface area (Å²) in [6, 6.07) is 7.79. The van der Waals surface area contributed by atoms with Gasteiger partial charge in [-0.2, -0.15) is 0 Å². The van der Waals surface area contributed by atoms with Gasteiger partial charge in [0.1, 0.15) is 11.9 Å². The molecule has 0 saturated carbocycles. The second-order valence-corrected chi connectivity index (χ2v) is 5.05. The molecule has 2 aromatic carbocycles. The fourth-order valence-electron chi connectivity index (χ4n) is 2.18. The van der Waals surface area contributed by atoms with Crippen molar-refractivity contribution in [2.24, 2.45) is 0 Å². The number of fused-ring (bicyclic) bond motifs is 1. The highest BCUT2D eigenvalue weighted by Crippen LogP contribution is 2.41. The van der Waals surface area contributed by atoms with Crippen LogP contribution in [0.25, 0.3) is 0 Å². The van der Waals surface area contributed by atoms with Gasteiger partial charge >= 0.3 is 0 Å². The zero-order chi connectivity index (χ0) is 14.3. The normalized spacial score (nSPS) is 14.4. The van der Waals surface area contributed by atoms with Gasteiger partial charge < -0.3 is 14.6 Å². The molecule has 1 aliphatic heterocycles. The van der Waals surface area contributed by atoms with E-state index in [1.54, 1.807) is 31.2 Å². The fraction of sp³-hybridized carbons (Fsp3) is 0.200. The molecule has 0 fully saturated rings. The number of aryl methyl sites for hydroxylation is 1. The van der Waals surface area contributed by atoms with E-state index in [0.29, 0.717) is 33.2 Å². The van der Waals surface area contributed by atoms with Crippen LogP contribution in [0.3, 0.4) is 0 Å². The number of hydrogen-bond acceptors (Lipinski definition) is 3. The summed E-state index contributed by atoms with van der Waals surface area (Å²) in [5.41, 5.74) is 1.65. The van der Waals surface area contributed by atoms with Crippen molar-refractivity contribution >= 4 is 11.6 Å². The lowest BCUT2D eigenvalue weighted by Crippen LogP contribution is -2.01. The van der Waals surface area contributed by atoms with Crippen LogP contribution in [-0.4, -0.2) is 11.9 Å². The lowest BCUT2D eigenvalue weighted by molar-refractivity contribution is 0.173. The van der Waals surface area contributed by atoms with E-state index in [0.717, 1.165) is 0 Å². The van der Waals surface area contributed by atoms with Gasteiger partial charge in [0.05, 0.1) is 5.02 Å². The number of aliphatic hydroxyl groups is 1. The van der Waals surface area contributed by atoms with Gasteiger partial charge in [0, 0.05) is 0 Å². The highest BCUT2D eigenvalue weighted by atomic mass is 35.5. The van der Waals surface area contributed by atoms with E-state index in [9.17, 15) is 9.50 Å². The molecule has 3 nitrogen and oxygen atoms in total. The molecule has 5 heteroatoms. The van der Waals surface area contributed by atoms with Gasteiger partial charge in [-0.3, -0.25) is 0 Å². The predicted octanol–water partition coefficient (Wildman–Crippen LogP) is 3.60. The predicted molar refractivity (Wildman–Crippen MR) is 72.8 cm³/mol. The van der Waals surface area contributed by atoms with Crippen molar-refractivity contribution in [2.45, 2.75) is 13.0 Å². The van der Waals surface area contributed by atoms with Gasteiger partial charge in [0.2, 0.25) is 6.79 Å². The van der Waals surface area contributed by atoms with E-state index in [-0.39, 0.29) is 12.6 Å². The van der Waals surface area contributed by atoms with Crippen LogP contribution in [-0.2, 0) is 0 Å². The Labute approximate surface area is 120 Å². The third-order valence-electron chi connectivity index (χ3n) is 3.26. The molecule has 20 heavy (non-hydrogen) atoms. The van der Waals surface area contributed by atoms with E-state index in [4.69, 9.17) is 21.1 Å². The Hall–Kier alpha value is -1.78. The standard InChI is InChI=1S/C15H12ClFO3/c1-8-4-9(2-3-12(8)17)14(18)10-5-11(16)15-13(6-10)19-7-20-15/h2-6,14,18H,7H2,1H3. The third kappa shape index (κ3) is 2.21. The van der Waals surface area contributed by atoms with Gasteiger partial charge in [-0.15, -0.1) is 0 Å². The summed E-state index contributed by atoms with van der Waals surface area (Å²) < 4.78 is 23.8. The molecule has 1 unspecified atom stereocenters. The van der Waals surface area contributed by atoms with Crippen molar-refractivity contribution in [1.82, 2.24) is 0 Å². The smallest absolute Gasteiger partial charge is 0.231 e. The molecular formula is C15H12ClFO3. The minimum atomic E-state index is -0.902. The molecule has 1 atom stereocenters. The molecule has 0 bridgehead atoms. The number of halogens is 2. The monoisotopic (exact) mass is 294 g/mol. The first-order chi connectivity index (χ1) is 9.56. The molecule has 0 saturated heterocycles. The van der Waals surface area contributed by atoms with Crippen LogP contribution in [0.1, 0.15) is 22.8 Å². The van der Waals surface area contributed by atoms with Crippen LogP contribution in [0.2, 0.25) is 5.02 Å². The van der Waals surface area contributed by atoms with Crippen molar-refractivity contribution in [3.63, 3.8) is 0 Å². The van der Waals surface area contributed by atoms with Gasteiger partial charge in [-0.25, -0.2) is 4.39 Å². The summed E-state index contributed by atoms with van der Waals surface area (Å²) in [6.45, 7) is 1.77. The van der Waals surface area contributed by atoms with E-state index < -0.39 is 6.10 Å². The Bertz CT molecular complexity index is 672. The molecule has 104 valence electrons. The summed E-state index contributed by atoms with van der Waals surface area (Å²) in [7, 11) is 0. The lowest BCUT2D eigenvalue weighted by atomic mass is 9.99. The largest absolute Gasteiger partial charge is 0.454 e. The van der Waals surface area contributed by atoms with Crippen LogP contribution in [0.4, 0.5) is 4.39 Å². The second-order valence-electron chi connectivity index (χ2n) is 4.65. The van der Waals surface area contributed by atoms with Crippen LogP contribution >= 0.6 is 11.6 Å². The summed E-state index contributed by atoms with van der Waals surface area (Å²) in [4.78, 5) is 0. The first-order valence-electron chi connectivity index (χ1n) is 6.09. The summed E-state index contributed by atoms with van der Waals surface area (Å²) in [6.07, 6.45) is -0.902. The zero-order valence-corrected chi connectivity index (χ0v) is 11.4. The van der Waals surface area contributed by atoms with Crippen molar-refractivity contribution < 1.29 is 19.0 Å². The lowest BCUT2D eigenvalue weighted by Gasteiger charge is -2.13. The Balaban J connectivity index is 2.00. The van der Waals surface area contributed by atoms with E-state index in [1.807, 2.05) is 0 Å². The van der Waals surface area contributed by atoms with E-state index >= 15 is 0 Å². The third-order valence-corrected chi connectivity index (χ3v) is 3.54. The van der Waals surface area contributed by atoms with E-state index in [2.05, 4.69) is 0 Å². The average Bonchev–Trinajstić information content (AvgIpc) is 2.90. The van der Waals surface area contributed by atoms with Crippen molar-refractivity contribution in [3.8, 4) is 11.5 Å². The van der Waals surface area contributed by atoms with Crippen molar-refractivity contribution in [2.75, 3.05) is 6.79 Å². The topological polar surface area (TPSA) is 38.7 Å². The molecule has 0 spiro atoms. The maximum atomic E-state index is 13.3. The van der Waals surface area contributed by atoms with Gasteiger partial charge in [0.25, 0.3) is 0 Å². The molecule has 1 heterocycles. The molecule has 3 rings (SSSR count). The SMILES string of the molecule is Cc1cc(C(O)c2cc(Cl)c3c(c2)OCO3)ccc1F. The number of benzene rings is 2. The molecule has 0 radical (unpaired) electrons. The Morgan fingerprint density at radius 2 is 2.00 bits per heavy atom. The summed E-state index contributed by atoms with van der Waals surface area (Å²) >= 11 is 6.09. The Morgan fingerprint density at radius 1 is 1.20 bits per heavy atom. The first kappa shape index (κ1) is 13.2. The number of ether oxygens (including phenoxy) is 2. The fourth-order valence-corrected chi connectivity index (χ4v) is 2.45. The van der Waals surface area contributed by atoms with Gasteiger partial charge in [-0.1, -0.05) is 23.7 Å². The zero-order valence-electron chi connectivity index (χ0n) is 10.7. The highest BCUT2D eigenvalue weighted by Gasteiger charge is 2.21. The number of hydrogen-bond donors (Lipinski definition) is 1. The van der Waals surface area contributed by atoms with E-state index in [1.165, 1.54) is 6.07 Å². The maximum absolute atomic E-state index is 13.3. The molecule has 1 aliphatic rings. The van der Waals surface area contributed by atoms with Crippen molar-refractivity contribution in [3.05, 3.63) is 57.9 Å². The van der Waals surface area contributed by atoms with Crippen LogP contribution in [0, 0.1) is 12.7 Å². The van der Waals surface area contributed by atoms with Crippen LogP contribution < -0.4 is 9.47 Å². The summed E-state index contributed by atoms with van der Waals surface area (Å²) in [5.74, 6) is 0.688. The highest BCUT2D eigenvalue weighted by molar-refractivity contribution is 6.32.